The number of rotatable bonds is 7. The van der Waals surface area contributed by atoms with Gasteiger partial charge in [-0.2, -0.15) is 0 Å². The van der Waals surface area contributed by atoms with Crippen LogP contribution in [-0.4, -0.2) is 29.7 Å². The Bertz CT molecular complexity index is 518. The van der Waals surface area contributed by atoms with Crippen LogP contribution in [0.4, 0.5) is 0 Å². The maximum atomic E-state index is 4.39. The van der Waals surface area contributed by atoms with Gasteiger partial charge in [-0.1, -0.05) is 19.4 Å². The second-order valence-corrected chi connectivity index (χ2v) is 5.14. The maximum Gasteiger partial charge on any atom is 0.0955 e. The molecule has 0 spiro atoms. The Labute approximate surface area is 115 Å². The van der Waals surface area contributed by atoms with Crippen LogP contribution in [0.1, 0.15) is 18.9 Å². The lowest BCUT2D eigenvalue weighted by Crippen LogP contribution is -2.29. The van der Waals surface area contributed by atoms with Crippen LogP contribution in [0.3, 0.4) is 0 Å². The van der Waals surface area contributed by atoms with Crippen molar-refractivity contribution < 1.29 is 0 Å². The summed E-state index contributed by atoms with van der Waals surface area (Å²) in [5, 5.41) is 6.78. The van der Waals surface area contributed by atoms with Crippen LogP contribution in [-0.2, 0) is 13.6 Å². The van der Waals surface area contributed by atoms with E-state index in [1.54, 1.807) is 0 Å². The molecule has 0 amide bonds. The van der Waals surface area contributed by atoms with Gasteiger partial charge in [-0.25, -0.2) is 4.98 Å². The van der Waals surface area contributed by atoms with Crippen LogP contribution in [0.5, 0.6) is 0 Å². The van der Waals surface area contributed by atoms with E-state index in [0.29, 0.717) is 5.92 Å². The number of nitrogens with zero attached hydrogens (tertiary/aromatic N) is 2. The number of imidazole rings is 1. The van der Waals surface area contributed by atoms with Crippen LogP contribution in [0, 0.1) is 5.92 Å². The van der Waals surface area contributed by atoms with E-state index in [1.807, 2.05) is 25.0 Å². The highest BCUT2D eigenvalue weighted by Gasteiger charge is 2.05. The summed E-state index contributed by atoms with van der Waals surface area (Å²) >= 11 is 0. The fraction of sp³-hybridized carbons (Fsp3) is 0.533. The molecule has 0 radical (unpaired) electrons. The van der Waals surface area contributed by atoms with Gasteiger partial charge in [-0.3, -0.25) is 0 Å². The molecule has 1 atom stereocenters. The SMILES string of the molecule is CCC(CNC)CNCc1ccc2c(c1)ncn2C. The van der Waals surface area contributed by atoms with Crippen molar-refractivity contribution in [1.82, 2.24) is 20.2 Å². The smallest absolute Gasteiger partial charge is 0.0955 e. The zero-order valence-electron chi connectivity index (χ0n) is 12.1. The molecule has 0 aliphatic carbocycles. The molecular weight excluding hydrogens is 236 g/mol. The minimum atomic E-state index is 0.698. The molecule has 1 unspecified atom stereocenters. The summed E-state index contributed by atoms with van der Waals surface area (Å²) in [6.45, 7) is 5.27. The van der Waals surface area contributed by atoms with Crippen molar-refractivity contribution in [3.63, 3.8) is 0 Å². The van der Waals surface area contributed by atoms with E-state index in [1.165, 1.54) is 17.5 Å². The summed E-state index contributed by atoms with van der Waals surface area (Å²) in [7, 11) is 4.04. The molecule has 1 heterocycles. The Hall–Kier alpha value is -1.39. The summed E-state index contributed by atoms with van der Waals surface area (Å²) in [6.07, 6.45) is 3.06. The molecule has 0 aliphatic rings. The number of benzene rings is 1. The average molecular weight is 260 g/mol. The average Bonchev–Trinajstić information content (AvgIpc) is 2.79. The minimum absolute atomic E-state index is 0.698. The lowest BCUT2D eigenvalue weighted by molar-refractivity contribution is 0.445. The molecule has 19 heavy (non-hydrogen) atoms. The van der Waals surface area contributed by atoms with Gasteiger partial charge in [0, 0.05) is 13.6 Å². The first-order chi connectivity index (χ1) is 9.24. The van der Waals surface area contributed by atoms with E-state index in [0.717, 1.165) is 25.2 Å². The van der Waals surface area contributed by atoms with Gasteiger partial charge in [0.1, 0.15) is 0 Å². The van der Waals surface area contributed by atoms with Gasteiger partial charge in [0.2, 0.25) is 0 Å². The standard InChI is InChI=1S/C15H24N4/c1-4-12(8-16-2)9-17-10-13-5-6-15-14(7-13)18-11-19(15)3/h5-7,11-12,16-17H,4,8-10H2,1-3H3. The van der Waals surface area contributed by atoms with Crippen molar-refractivity contribution in [2.24, 2.45) is 13.0 Å². The highest BCUT2D eigenvalue weighted by molar-refractivity contribution is 5.75. The monoisotopic (exact) mass is 260 g/mol. The molecule has 0 saturated heterocycles. The van der Waals surface area contributed by atoms with Crippen LogP contribution in [0.25, 0.3) is 11.0 Å². The third kappa shape index (κ3) is 3.55. The lowest BCUT2D eigenvalue weighted by atomic mass is 10.1. The highest BCUT2D eigenvalue weighted by atomic mass is 15.0. The second-order valence-electron chi connectivity index (χ2n) is 5.14. The number of nitrogens with one attached hydrogen (secondary N) is 2. The Balaban J connectivity index is 1.90. The molecule has 1 aromatic carbocycles. The molecule has 1 aromatic heterocycles. The summed E-state index contributed by atoms with van der Waals surface area (Å²) < 4.78 is 2.05. The molecule has 2 aromatic rings. The summed E-state index contributed by atoms with van der Waals surface area (Å²) in [5.74, 6) is 0.698. The number of aromatic nitrogens is 2. The zero-order valence-corrected chi connectivity index (χ0v) is 12.1. The summed E-state index contributed by atoms with van der Waals surface area (Å²) in [5.41, 5.74) is 3.56. The van der Waals surface area contributed by atoms with Gasteiger partial charge in [-0.15, -0.1) is 0 Å². The molecule has 2 rings (SSSR count). The number of aryl methyl sites for hydroxylation is 1. The van der Waals surface area contributed by atoms with Crippen molar-refractivity contribution in [2.75, 3.05) is 20.1 Å². The van der Waals surface area contributed by atoms with Gasteiger partial charge in [0.05, 0.1) is 17.4 Å². The van der Waals surface area contributed by atoms with E-state index in [-0.39, 0.29) is 0 Å². The first-order valence-electron chi connectivity index (χ1n) is 6.99. The Morgan fingerprint density at radius 3 is 2.89 bits per heavy atom. The highest BCUT2D eigenvalue weighted by Crippen LogP contribution is 2.13. The van der Waals surface area contributed by atoms with Crippen molar-refractivity contribution in [2.45, 2.75) is 19.9 Å². The predicted octanol–water partition coefficient (Wildman–Crippen LogP) is 1.91. The third-order valence-electron chi connectivity index (χ3n) is 3.62. The van der Waals surface area contributed by atoms with Crippen molar-refractivity contribution in [3.05, 3.63) is 30.1 Å². The fourth-order valence-corrected chi connectivity index (χ4v) is 2.36. The van der Waals surface area contributed by atoms with E-state index < -0.39 is 0 Å². The van der Waals surface area contributed by atoms with Gasteiger partial charge in [0.25, 0.3) is 0 Å². The largest absolute Gasteiger partial charge is 0.334 e. The molecule has 0 fully saturated rings. The van der Waals surface area contributed by atoms with Crippen LogP contribution < -0.4 is 10.6 Å². The first-order valence-corrected chi connectivity index (χ1v) is 6.99. The molecule has 104 valence electrons. The van der Waals surface area contributed by atoms with Gasteiger partial charge < -0.3 is 15.2 Å². The number of hydrogen-bond donors (Lipinski definition) is 2. The predicted molar refractivity (Wildman–Crippen MR) is 80.1 cm³/mol. The van der Waals surface area contributed by atoms with Gasteiger partial charge in [0.15, 0.2) is 0 Å². The van der Waals surface area contributed by atoms with Crippen molar-refractivity contribution >= 4 is 11.0 Å². The van der Waals surface area contributed by atoms with Gasteiger partial charge in [-0.05, 0) is 43.8 Å². The Kier molecular flexibility index (Phi) is 4.93. The molecule has 4 nitrogen and oxygen atoms in total. The quantitative estimate of drug-likeness (QED) is 0.799. The topological polar surface area (TPSA) is 41.9 Å². The first kappa shape index (κ1) is 14.0. The fourth-order valence-electron chi connectivity index (χ4n) is 2.36. The van der Waals surface area contributed by atoms with E-state index in [9.17, 15) is 0 Å². The van der Waals surface area contributed by atoms with Crippen LogP contribution in [0.2, 0.25) is 0 Å². The Morgan fingerprint density at radius 2 is 2.16 bits per heavy atom. The molecule has 4 heteroatoms. The van der Waals surface area contributed by atoms with Gasteiger partial charge >= 0.3 is 0 Å². The second kappa shape index (κ2) is 6.68. The van der Waals surface area contributed by atoms with Crippen molar-refractivity contribution in [3.8, 4) is 0 Å². The maximum absolute atomic E-state index is 4.39. The normalized spacial score (nSPS) is 13.0. The third-order valence-corrected chi connectivity index (χ3v) is 3.62. The summed E-state index contributed by atoms with van der Waals surface area (Å²) in [4.78, 5) is 4.39. The van der Waals surface area contributed by atoms with E-state index in [2.05, 4.69) is 40.7 Å². The zero-order chi connectivity index (χ0) is 13.7. The number of hydrogen-bond acceptors (Lipinski definition) is 3. The van der Waals surface area contributed by atoms with E-state index >= 15 is 0 Å². The molecular formula is C15H24N4. The molecule has 2 N–H and O–H groups in total. The number of fused-ring (bicyclic) bond motifs is 1. The summed E-state index contributed by atoms with van der Waals surface area (Å²) in [6, 6.07) is 6.49. The molecule has 0 bridgehead atoms. The Morgan fingerprint density at radius 1 is 1.32 bits per heavy atom. The molecule has 0 saturated carbocycles. The van der Waals surface area contributed by atoms with Crippen LogP contribution in [0.15, 0.2) is 24.5 Å². The molecule has 0 aliphatic heterocycles. The van der Waals surface area contributed by atoms with Crippen LogP contribution >= 0.6 is 0 Å². The lowest BCUT2D eigenvalue weighted by Gasteiger charge is -2.15. The van der Waals surface area contributed by atoms with Crippen molar-refractivity contribution in [1.29, 1.82) is 0 Å². The minimum Gasteiger partial charge on any atom is -0.334 e. The van der Waals surface area contributed by atoms with E-state index in [4.69, 9.17) is 0 Å².